The predicted molar refractivity (Wildman–Crippen MR) is 131 cm³/mol. The number of non-ortho nitro benzene ring substituents is 1. The molecule has 2 heterocycles. The van der Waals surface area contributed by atoms with Crippen LogP contribution in [0.15, 0.2) is 59.8 Å². The lowest BCUT2D eigenvalue weighted by atomic mass is 9.94. The molecule has 4 rings (SSSR count). The van der Waals surface area contributed by atoms with Crippen LogP contribution in [0.2, 0.25) is 0 Å². The molecule has 1 atom stereocenters. The van der Waals surface area contributed by atoms with Gasteiger partial charge in [0.1, 0.15) is 0 Å². The molecule has 2 aromatic rings. The van der Waals surface area contributed by atoms with Crippen LogP contribution in [0.5, 0.6) is 0 Å². The molecule has 0 aromatic heterocycles. The number of piperazine rings is 1. The molecule has 1 saturated heterocycles. The van der Waals surface area contributed by atoms with Gasteiger partial charge in [-0.25, -0.2) is 9.59 Å². The van der Waals surface area contributed by atoms with Crippen molar-refractivity contribution in [2.45, 2.75) is 19.9 Å². The van der Waals surface area contributed by atoms with Crippen molar-refractivity contribution in [3.63, 3.8) is 0 Å². The van der Waals surface area contributed by atoms with Crippen molar-refractivity contribution >= 4 is 23.4 Å². The molecule has 0 aliphatic carbocycles. The highest BCUT2D eigenvalue weighted by Gasteiger charge is 2.34. The molecule has 1 fully saturated rings. The van der Waals surface area contributed by atoms with E-state index in [1.54, 1.807) is 19.1 Å². The number of rotatable bonds is 7. The average Bonchev–Trinajstić information content (AvgIpc) is 2.85. The number of nitrogens with zero attached hydrogens (tertiary/aromatic N) is 3. The SMILES string of the molecule is CCOC(=O)C1=C(CN2CCN(c3ccc([N+](=O)[O-])cc3)CC2)NC(=O)N[C@@H]1c1ccc(C)cc1. The Balaban J connectivity index is 1.51. The predicted octanol–water partition coefficient (Wildman–Crippen LogP) is 2.90. The van der Waals surface area contributed by atoms with Crippen molar-refractivity contribution < 1.29 is 19.2 Å². The molecule has 0 radical (unpaired) electrons. The maximum Gasteiger partial charge on any atom is 0.338 e. The Morgan fingerprint density at radius 2 is 1.74 bits per heavy atom. The van der Waals surface area contributed by atoms with Crippen LogP contribution >= 0.6 is 0 Å². The molecule has 184 valence electrons. The Morgan fingerprint density at radius 1 is 1.09 bits per heavy atom. The van der Waals surface area contributed by atoms with E-state index in [2.05, 4.69) is 20.4 Å². The van der Waals surface area contributed by atoms with Crippen LogP contribution in [0.25, 0.3) is 0 Å². The summed E-state index contributed by atoms with van der Waals surface area (Å²) in [6.45, 7) is 7.21. The molecule has 10 heteroatoms. The smallest absolute Gasteiger partial charge is 0.338 e. The fourth-order valence-corrected chi connectivity index (χ4v) is 4.37. The summed E-state index contributed by atoms with van der Waals surface area (Å²) in [4.78, 5) is 40.3. The zero-order valence-electron chi connectivity index (χ0n) is 19.8. The fraction of sp³-hybridized carbons (Fsp3) is 0.360. The van der Waals surface area contributed by atoms with Crippen LogP contribution < -0.4 is 15.5 Å². The Morgan fingerprint density at radius 3 is 2.34 bits per heavy atom. The van der Waals surface area contributed by atoms with Gasteiger partial charge in [0.2, 0.25) is 0 Å². The van der Waals surface area contributed by atoms with E-state index in [0.717, 1.165) is 16.8 Å². The number of carbonyl (C=O) groups excluding carboxylic acids is 2. The van der Waals surface area contributed by atoms with Crippen molar-refractivity contribution in [3.8, 4) is 0 Å². The molecule has 0 bridgehead atoms. The van der Waals surface area contributed by atoms with Crippen molar-refractivity contribution in [2.75, 3.05) is 44.2 Å². The highest BCUT2D eigenvalue weighted by atomic mass is 16.6. The minimum Gasteiger partial charge on any atom is -0.463 e. The van der Waals surface area contributed by atoms with Gasteiger partial charge >= 0.3 is 12.0 Å². The molecule has 2 aliphatic rings. The van der Waals surface area contributed by atoms with Crippen LogP contribution in [0, 0.1) is 17.0 Å². The quantitative estimate of drug-likeness (QED) is 0.356. The maximum absolute atomic E-state index is 13.0. The summed E-state index contributed by atoms with van der Waals surface area (Å²) in [5.74, 6) is -0.454. The topological polar surface area (TPSA) is 117 Å². The van der Waals surface area contributed by atoms with Gasteiger partial charge in [0.15, 0.2) is 0 Å². The number of hydrogen-bond donors (Lipinski definition) is 2. The Hall–Kier alpha value is -3.92. The van der Waals surface area contributed by atoms with Gasteiger partial charge in [-0.2, -0.15) is 0 Å². The molecule has 0 saturated carbocycles. The lowest BCUT2D eigenvalue weighted by molar-refractivity contribution is -0.384. The lowest BCUT2D eigenvalue weighted by Crippen LogP contribution is -2.51. The Kier molecular flexibility index (Phi) is 7.31. The molecule has 2 N–H and O–H groups in total. The number of carbonyl (C=O) groups is 2. The van der Waals surface area contributed by atoms with E-state index < -0.39 is 16.9 Å². The highest BCUT2D eigenvalue weighted by Crippen LogP contribution is 2.29. The number of aryl methyl sites for hydroxylation is 1. The van der Waals surface area contributed by atoms with Gasteiger partial charge in [0.05, 0.1) is 23.1 Å². The molecule has 2 aromatic carbocycles. The van der Waals surface area contributed by atoms with Crippen LogP contribution in [-0.4, -0.2) is 61.2 Å². The summed E-state index contributed by atoms with van der Waals surface area (Å²) >= 11 is 0. The summed E-state index contributed by atoms with van der Waals surface area (Å²) in [7, 11) is 0. The lowest BCUT2D eigenvalue weighted by Gasteiger charge is -2.38. The van der Waals surface area contributed by atoms with E-state index in [1.807, 2.05) is 31.2 Å². The fourth-order valence-electron chi connectivity index (χ4n) is 4.37. The van der Waals surface area contributed by atoms with Crippen LogP contribution in [-0.2, 0) is 9.53 Å². The summed E-state index contributed by atoms with van der Waals surface area (Å²) in [6, 6.07) is 13.3. The van der Waals surface area contributed by atoms with Gasteiger partial charge in [-0.3, -0.25) is 15.0 Å². The normalized spacial score (nSPS) is 18.6. The second kappa shape index (κ2) is 10.6. The number of benzene rings is 2. The van der Waals surface area contributed by atoms with Gasteiger partial charge in [0.25, 0.3) is 5.69 Å². The highest BCUT2D eigenvalue weighted by molar-refractivity contribution is 5.95. The molecule has 35 heavy (non-hydrogen) atoms. The minimum absolute atomic E-state index is 0.0654. The first kappa shape index (κ1) is 24.2. The zero-order valence-corrected chi connectivity index (χ0v) is 19.8. The van der Waals surface area contributed by atoms with Crippen molar-refractivity contribution in [1.82, 2.24) is 15.5 Å². The van der Waals surface area contributed by atoms with E-state index in [1.165, 1.54) is 12.1 Å². The largest absolute Gasteiger partial charge is 0.463 e. The van der Waals surface area contributed by atoms with Crippen molar-refractivity contribution in [1.29, 1.82) is 0 Å². The Labute approximate surface area is 203 Å². The van der Waals surface area contributed by atoms with Crippen LogP contribution in [0.3, 0.4) is 0 Å². The van der Waals surface area contributed by atoms with Crippen LogP contribution in [0.4, 0.5) is 16.2 Å². The van der Waals surface area contributed by atoms with Crippen LogP contribution in [0.1, 0.15) is 24.1 Å². The monoisotopic (exact) mass is 479 g/mol. The van der Waals surface area contributed by atoms with Gasteiger partial charge in [0, 0.05) is 56.2 Å². The molecule has 2 aliphatic heterocycles. The zero-order chi connectivity index (χ0) is 24.9. The maximum atomic E-state index is 13.0. The van der Waals surface area contributed by atoms with E-state index in [-0.39, 0.29) is 18.3 Å². The number of nitro groups is 1. The third-order valence-electron chi connectivity index (χ3n) is 6.24. The minimum atomic E-state index is -0.597. The molecular weight excluding hydrogens is 450 g/mol. The van der Waals surface area contributed by atoms with Crippen molar-refractivity contribution in [2.24, 2.45) is 0 Å². The molecule has 2 amide bonds. The average molecular weight is 480 g/mol. The van der Waals surface area contributed by atoms with Gasteiger partial charge in [-0.15, -0.1) is 0 Å². The third kappa shape index (κ3) is 5.60. The number of ether oxygens (including phenoxy) is 1. The standard InChI is InChI=1S/C25H29N5O5/c1-3-35-24(31)22-21(26-25(32)27-23(22)18-6-4-17(2)5-7-18)16-28-12-14-29(15-13-28)19-8-10-20(11-9-19)30(33)34/h4-11,23H,3,12-16H2,1-2H3,(H2,26,27,32)/t23-/m1/s1. The second-order valence-corrected chi connectivity index (χ2v) is 8.59. The van der Waals surface area contributed by atoms with E-state index in [9.17, 15) is 19.7 Å². The summed E-state index contributed by atoms with van der Waals surface area (Å²) in [5, 5.41) is 16.6. The van der Waals surface area contributed by atoms with Gasteiger partial charge in [-0.1, -0.05) is 29.8 Å². The first-order chi connectivity index (χ1) is 16.9. The number of anilines is 1. The van der Waals surface area contributed by atoms with E-state index in [0.29, 0.717) is 44.0 Å². The number of nitrogens with one attached hydrogen (secondary N) is 2. The Bertz CT molecular complexity index is 1120. The molecular formula is C25H29N5O5. The van der Waals surface area contributed by atoms with Gasteiger partial charge in [-0.05, 0) is 31.5 Å². The number of esters is 1. The third-order valence-corrected chi connectivity index (χ3v) is 6.24. The first-order valence-corrected chi connectivity index (χ1v) is 11.6. The molecule has 0 spiro atoms. The summed E-state index contributed by atoms with van der Waals surface area (Å²) in [5.41, 5.74) is 3.84. The van der Waals surface area contributed by atoms with Crippen molar-refractivity contribution in [3.05, 3.63) is 81.0 Å². The number of amides is 2. The summed E-state index contributed by atoms with van der Waals surface area (Å²) in [6.07, 6.45) is 0. The number of urea groups is 1. The first-order valence-electron chi connectivity index (χ1n) is 11.6. The molecule has 10 nitrogen and oxygen atoms in total. The number of nitro benzene ring substituents is 1. The van der Waals surface area contributed by atoms with Gasteiger partial charge < -0.3 is 20.3 Å². The van der Waals surface area contributed by atoms with E-state index in [4.69, 9.17) is 4.74 Å². The molecule has 0 unspecified atom stereocenters. The summed E-state index contributed by atoms with van der Waals surface area (Å²) < 4.78 is 5.35. The second-order valence-electron chi connectivity index (χ2n) is 8.59. The number of hydrogen-bond acceptors (Lipinski definition) is 7. The van der Waals surface area contributed by atoms with E-state index >= 15 is 0 Å².